The average Bonchev–Trinajstić information content (AvgIpc) is 2.59. The van der Waals surface area contributed by atoms with Gasteiger partial charge < -0.3 is 14.5 Å². The summed E-state index contributed by atoms with van der Waals surface area (Å²) in [6.07, 6.45) is 2.11. The minimum Gasteiger partial charge on any atom is -0.372 e. The molecule has 2 fully saturated rings. The number of amides is 1. The van der Waals surface area contributed by atoms with Crippen molar-refractivity contribution in [3.8, 4) is 0 Å². The van der Waals surface area contributed by atoms with Crippen molar-refractivity contribution in [3.05, 3.63) is 33.9 Å². The molecule has 0 aliphatic carbocycles. The predicted molar refractivity (Wildman–Crippen MR) is 99.6 cm³/mol. The van der Waals surface area contributed by atoms with Gasteiger partial charge in [0, 0.05) is 37.8 Å². The molecule has 0 aromatic heterocycles. The normalized spacial score (nSPS) is 26.7. The number of morpholine rings is 1. The third-order valence-electron chi connectivity index (χ3n) is 5.12. The predicted octanol–water partition coefficient (Wildman–Crippen LogP) is 3.08. The Kier molecular flexibility index (Phi) is 5.46. The van der Waals surface area contributed by atoms with Gasteiger partial charge in [-0.1, -0.05) is 6.92 Å². The van der Waals surface area contributed by atoms with Gasteiger partial charge in [0.2, 0.25) is 0 Å². The number of rotatable bonds is 3. The highest BCUT2D eigenvalue weighted by molar-refractivity contribution is 5.96. The van der Waals surface area contributed by atoms with E-state index >= 15 is 0 Å². The van der Waals surface area contributed by atoms with Crippen molar-refractivity contribution in [2.75, 3.05) is 31.1 Å². The van der Waals surface area contributed by atoms with Gasteiger partial charge in [0.1, 0.15) is 5.69 Å². The molecular formula is C19H27N3O4. The van der Waals surface area contributed by atoms with Crippen LogP contribution in [0.1, 0.15) is 44.0 Å². The van der Waals surface area contributed by atoms with Gasteiger partial charge in [-0.15, -0.1) is 0 Å². The van der Waals surface area contributed by atoms with E-state index in [0.717, 1.165) is 25.9 Å². The minimum atomic E-state index is -0.379. The van der Waals surface area contributed by atoms with Gasteiger partial charge in [0.25, 0.3) is 11.6 Å². The Bertz CT molecular complexity index is 683. The van der Waals surface area contributed by atoms with E-state index in [-0.39, 0.29) is 28.7 Å². The Morgan fingerprint density at radius 3 is 2.50 bits per heavy atom. The second kappa shape index (κ2) is 7.61. The number of benzene rings is 1. The van der Waals surface area contributed by atoms with Crippen molar-refractivity contribution >= 4 is 17.3 Å². The third kappa shape index (κ3) is 3.98. The van der Waals surface area contributed by atoms with E-state index < -0.39 is 0 Å². The van der Waals surface area contributed by atoms with Crippen LogP contribution in [0, 0.1) is 16.0 Å². The highest BCUT2D eigenvalue weighted by atomic mass is 16.6. The number of hydrogen-bond donors (Lipinski definition) is 0. The van der Waals surface area contributed by atoms with Crippen LogP contribution in [0.2, 0.25) is 0 Å². The molecule has 2 saturated heterocycles. The Hall–Kier alpha value is -2.15. The van der Waals surface area contributed by atoms with Gasteiger partial charge in [-0.05, 0) is 44.7 Å². The summed E-state index contributed by atoms with van der Waals surface area (Å²) in [5.41, 5.74) is 0.993. The Labute approximate surface area is 154 Å². The molecule has 0 bridgehead atoms. The monoisotopic (exact) mass is 361 g/mol. The zero-order valence-corrected chi connectivity index (χ0v) is 15.7. The summed E-state index contributed by atoms with van der Waals surface area (Å²) in [4.78, 5) is 27.9. The molecular weight excluding hydrogens is 334 g/mol. The fraction of sp³-hybridized carbons (Fsp3) is 0.632. The molecule has 26 heavy (non-hydrogen) atoms. The Morgan fingerprint density at radius 1 is 1.19 bits per heavy atom. The maximum Gasteiger partial charge on any atom is 0.293 e. The molecule has 3 unspecified atom stereocenters. The largest absolute Gasteiger partial charge is 0.372 e. The molecule has 7 heteroatoms. The lowest BCUT2D eigenvalue weighted by Gasteiger charge is -2.35. The maximum absolute atomic E-state index is 12.8. The van der Waals surface area contributed by atoms with Gasteiger partial charge in [-0.25, -0.2) is 0 Å². The number of piperidine rings is 1. The summed E-state index contributed by atoms with van der Waals surface area (Å²) >= 11 is 0. The smallest absolute Gasteiger partial charge is 0.293 e. The number of nitro groups is 1. The number of nitro benzene ring substituents is 1. The Balaban J connectivity index is 1.86. The number of anilines is 1. The van der Waals surface area contributed by atoms with Crippen LogP contribution in [-0.2, 0) is 4.74 Å². The molecule has 2 heterocycles. The van der Waals surface area contributed by atoms with Crippen molar-refractivity contribution < 1.29 is 14.5 Å². The SMILES string of the molecule is CC1CCCN(c2ccc(C(=O)N3CC(C)OC(C)C3)cc2[N+](=O)[O-])C1. The van der Waals surface area contributed by atoms with E-state index in [1.807, 2.05) is 13.8 Å². The summed E-state index contributed by atoms with van der Waals surface area (Å²) in [6, 6.07) is 4.88. The maximum atomic E-state index is 12.8. The van der Waals surface area contributed by atoms with Crippen molar-refractivity contribution in [3.63, 3.8) is 0 Å². The summed E-state index contributed by atoms with van der Waals surface area (Å²) in [5.74, 6) is 0.342. The molecule has 1 amide bonds. The summed E-state index contributed by atoms with van der Waals surface area (Å²) in [6.45, 7) is 8.66. The first-order valence-electron chi connectivity index (χ1n) is 9.33. The first-order valence-corrected chi connectivity index (χ1v) is 9.33. The van der Waals surface area contributed by atoms with Crippen LogP contribution in [0.4, 0.5) is 11.4 Å². The molecule has 1 aromatic carbocycles. The third-order valence-corrected chi connectivity index (χ3v) is 5.12. The fourth-order valence-corrected chi connectivity index (χ4v) is 4.00. The van der Waals surface area contributed by atoms with E-state index in [4.69, 9.17) is 4.74 Å². The van der Waals surface area contributed by atoms with E-state index in [9.17, 15) is 14.9 Å². The summed E-state index contributed by atoms with van der Waals surface area (Å²) in [5, 5.41) is 11.6. The topological polar surface area (TPSA) is 75.9 Å². The lowest BCUT2D eigenvalue weighted by molar-refractivity contribution is -0.384. The van der Waals surface area contributed by atoms with Gasteiger partial charge in [0.15, 0.2) is 0 Å². The van der Waals surface area contributed by atoms with Gasteiger partial charge in [0.05, 0.1) is 17.1 Å². The number of hydrogen-bond acceptors (Lipinski definition) is 5. The van der Waals surface area contributed by atoms with Gasteiger partial charge in [-0.3, -0.25) is 14.9 Å². The highest BCUT2D eigenvalue weighted by Crippen LogP contribution is 2.33. The fourth-order valence-electron chi connectivity index (χ4n) is 4.00. The first kappa shape index (κ1) is 18.6. The van der Waals surface area contributed by atoms with Crippen LogP contribution in [0.3, 0.4) is 0 Å². The van der Waals surface area contributed by atoms with Crippen molar-refractivity contribution in [2.45, 2.75) is 45.8 Å². The highest BCUT2D eigenvalue weighted by Gasteiger charge is 2.29. The first-order chi connectivity index (χ1) is 12.3. The number of carbonyl (C=O) groups excluding carboxylic acids is 1. The molecule has 0 N–H and O–H groups in total. The lowest BCUT2D eigenvalue weighted by Crippen LogP contribution is -2.48. The van der Waals surface area contributed by atoms with Gasteiger partial charge in [-0.2, -0.15) is 0 Å². The molecule has 7 nitrogen and oxygen atoms in total. The molecule has 142 valence electrons. The quantitative estimate of drug-likeness (QED) is 0.611. The summed E-state index contributed by atoms with van der Waals surface area (Å²) < 4.78 is 5.66. The van der Waals surface area contributed by atoms with Crippen LogP contribution in [0.5, 0.6) is 0 Å². The molecule has 3 rings (SSSR count). The van der Waals surface area contributed by atoms with Gasteiger partial charge >= 0.3 is 0 Å². The van der Waals surface area contributed by atoms with E-state index in [2.05, 4.69) is 11.8 Å². The van der Waals surface area contributed by atoms with Crippen LogP contribution in [0.15, 0.2) is 18.2 Å². The van der Waals surface area contributed by atoms with Crippen LogP contribution >= 0.6 is 0 Å². The molecule has 0 saturated carbocycles. The number of nitrogens with zero attached hydrogens (tertiary/aromatic N) is 3. The van der Waals surface area contributed by atoms with E-state index in [1.54, 1.807) is 17.0 Å². The van der Waals surface area contributed by atoms with E-state index in [1.165, 1.54) is 6.07 Å². The van der Waals surface area contributed by atoms with Crippen LogP contribution in [-0.4, -0.2) is 54.1 Å². The van der Waals surface area contributed by atoms with E-state index in [0.29, 0.717) is 30.3 Å². The zero-order chi connectivity index (χ0) is 18.8. The molecule has 2 aliphatic rings. The van der Waals surface area contributed by atoms with Crippen molar-refractivity contribution in [1.82, 2.24) is 4.90 Å². The minimum absolute atomic E-state index is 0.0132. The lowest BCUT2D eigenvalue weighted by atomic mass is 9.99. The second-order valence-electron chi connectivity index (χ2n) is 7.62. The number of carbonyl (C=O) groups is 1. The molecule has 1 aromatic rings. The number of ether oxygens (including phenoxy) is 1. The molecule has 3 atom stereocenters. The second-order valence-corrected chi connectivity index (χ2v) is 7.62. The molecule has 0 spiro atoms. The standard InChI is InChI=1S/C19H27N3O4/c1-13-5-4-8-20(10-13)17-7-6-16(9-18(17)22(24)25)19(23)21-11-14(2)26-15(3)12-21/h6-7,9,13-15H,4-5,8,10-12H2,1-3H3. The van der Waals surface area contributed by atoms with Crippen molar-refractivity contribution in [1.29, 1.82) is 0 Å². The van der Waals surface area contributed by atoms with Crippen LogP contribution in [0.25, 0.3) is 0 Å². The van der Waals surface area contributed by atoms with Crippen molar-refractivity contribution in [2.24, 2.45) is 5.92 Å². The summed E-state index contributed by atoms with van der Waals surface area (Å²) in [7, 11) is 0. The molecule has 2 aliphatic heterocycles. The van der Waals surface area contributed by atoms with Crippen LogP contribution < -0.4 is 4.90 Å². The molecule has 0 radical (unpaired) electrons. The Morgan fingerprint density at radius 2 is 1.88 bits per heavy atom. The zero-order valence-electron chi connectivity index (χ0n) is 15.7. The average molecular weight is 361 g/mol.